The van der Waals surface area contributed by atoms with Gasteiger partial charge in [-0.3, -0.25) is 4.79 Å². The van der Waals surface area contributed by atoms with E-state index in [2.05, 4.69) is 43.5 Å². The largest absolute Gasteiger partial charge is 0.353 e. The van der Waals surface area contributed by atoms with Crippen molar-refractivity contribution in [2.45, 2.75) is 51.6 Å². The van der Waals surface area contributed by atoms with Gasteiger partial charge in [0.15, 0.2) is 0 Å². The molecule has 2 atom stereocenters. The Morgan fingerprint density at radius 2 is 2.11 bits per heavy atom. The molecule has 0 aromatic rings. The van der Waals surface area contributed by atoms with Crippen LogP contribution in [0.15, 0.2) is 0 Å². The molecule has 4 nitrogen and oxygen atoms in total. The molecule has 1 rings (SSSR count). The van der Waals surface area contributed by atoms with E-state index in [-0.39, 0.29) is 11.9 Å². The van der Waals surface area contributed by atoms with Gasteiger partial charge in [0, 0.05) is 12.6 Å². The van der Waals surface area contributed by atoms with Crippen molar-refractivity contribution in [2.75, 3.05) is 27.2 Å². The van der Waals surface area contributed by atoms with Gasteiger partial charge in [-0.05, 0) is 45.8 Å². The maximum Gasteiger partial charge on any atom is 0.237 e. The summed E-state index contributed by atoms with van der Waals surface area (Å²) in [6.45, 7) is 6.17. The summed E-state index contributed by atoms with van der Waals surface area (Å²) in [6.07, 6.45) is 4.44. The summed E-state index contributed by atoms with van der Waals surface area (Å²) in [5, 5.41) is 6.38. The lowest BCUT2D eigenvalue weighted by molar-refractivity contribution is -0.123. The summed E-state index contributed by atoms with van der Waals surface area (Å²) < 4.78 is 0. The van der Waals surface area contributed by atoms with Crippen LogP contribution in [0.1, 0.15) is 39.5 Å². The standard InChI is InChI=1S/C14H29N3O/c1-11(2)9-12(17(3)4)10-16-14(18)13-7-5-6-8-15-13/h11-13,15H,5-10H2,1-4H3,(H,16,18). The summed E-state index contributed by atoms with van der Waals surface area (Å²) in [5.74, 6) is 0.826. The number of likely N-dealkylation sites (N-methyl/N-ethyl adjacent to an activating group) is 1. The SMILES string of the molecule is CC(C)CC(CNC(=O)C1CCCCN1)N(C)C. The van der Waals surface area contributed by atoms with Crippen LogP contribution in [0.2, 0.25) is 0 Å². The monoisotopic (exact) mass is 255 g/mol. The van der Waals surface area contributed by atoms with Gasteiger partial charge in [0.1, 0.15) is 0 Å². The van der Waals surface area contributed by atoms with Crippen LogP contribution in [-0.4, -0.2) is 50.1 Å². The molecule has 1 aliphatic rings. The summed E-state index contributed by atoms with van der Waals surface area (Å²) in [6, 6.07) is 0.457. The third-order valence-corrected chi connectivity index (χ3v) is 3.61. The quantitative estimate of drug-likeness (QED) is 0.750. The van der Waals surface area contributed by atoms with Gasteiger partial charge in [0.25, 0.3) is 0 Å². The molecule has 0 spiro atoms. The molecule has 1 amide bonds. The smallest absolute Gasteiger partial charge is 0.237 e. The maximum atomic E-state index is 12.0. The van der Waals surface area contributed by atoms with E-state index in [1.165, 1.54) is 6.42 Å². The van der Waals surface area contributed by atoms with Crippen molar-refractivity contribution in [1.82, 2.24) is 15.5 Å². The molecular weight excluding hydrogens is 226 g/mol. The van der Waals surface area contributed by atoms with E-state index in [0.717, 1.165) is 32.4 Å². The van der Waals surface area contributed by atoms with Crippen LogP contribution in [0.3, 0.4) is 0 Å². The Morgan fingerprint density at radius 1 is 1.39 bits per heavy atom. The lowest BCUT2D eigenvalue weighted by Crippen LogP contribution is -2.50. The van der Waals surface area contributed by atoms with Gasteiger partial charge in [-0.2, -0.15) is 0 Å². The first-order valence-electron chi connectivity index (χ1n) is 7.18. The fraction of sp³-hybridized carbons (Fsp3) is 0.929. The van der Waals surface area contributed by atoms with Crippen molar-refractivity contribution in [3.05, 3.63) is 0 Å². The second-order valence-corrected chi connectivity index (χ2v) is 5.99. The Balaban J connectivity index is 2.33. The molecule has 4 heteroatoms. The zero-order valence-corrected chi connectivity index (χ0v) is 12.3. The van der Waals surface area contributed by atoms with Gasteiger partial charge < -0.3 is 15.5 Å². The molecule has 2 unspecified atom stereocenters. The minimum absolute atomic E-state index is 0.0283. The Morgan fingerprint density at radius 3 is 2.61 bits per heavy atom. The van der Waals surface area contributed by atoms with Crippen LogP contribution >= 0.6 is 0 Å². The van der Waals surface area contributed by atoms with E-state index in [9.17, 15) is 4.79 Å². The predicted octanol–water partition coefficient (Wildman–Crippen LogP) is 1.22. The molecule has 1 fully saturated rings. The molecule has 1 saturated heterocycles. The zero-order valence-electron chi connectivity index (χ0n) is 12.3. The topological polar surface area (TPSA) is 44.4 Å². The first kappa shape index (κ1) is 15.4. The summed E-state index contributed by atoms with van der Waals surface area (Å²) in [7, 11) is 4.16. The van der Waals surface area contributed by atoms with Crippen molar-refractivity contribution in [3.8, 4) is 0 Å². The van der Waals surface area contributed by atoms with Crippen LogP contribution in [0.25, 0.3) is 0 Å². The van der Waals surface area contributed by atoms with Gasteiger partial charge in [-0.1, -0.05) is 20.3 Å². The number of amides is 1. The van der Waals surface area contributed by atoms with Crippen LogP contribution in [0.5, 0.6) is 0 Å². The van der Waals surface area contributed by atoms with Crippen molar-refractivity contribution < 1.29 is 4.79 Å². The first-order valence-corrected chi connectivity index (χ1v) is 7.18. The Bertz CT molecular complexity index is 247. The zero-order chi connectivity index (χ0) is 13.5. The first-order chi connectivity index (χ1) is 8.50. The molecule has 1 aliphatic heterocycles. The Hall–Kier alpha value is -0.610. The van der Waals surface area contributed by atoms with Crippen LogP contribution in [0.4, 0.5) is 0 Å². The molecule has 0 radical (unpaired) electrons. The van der Waals surface area contributed by atoms with Crippen molar-refractivity contribution >= 4 is 5.91 Å². The lowest BCUT2D eigenvalue weighted by Gasteiger charge is -2.28. The number of nitrogens with one attached hydrogen (secondary N) is 2. The fourth-order valence-corrected chi connectivity index (χ4v) is 2.44. The minimum Gasteiger partial charge on any atom is -0.353 e. The van der Waals surface area contributed by atoms with Crippen LogP contribution < -0.4 is 10.6 Å². The van der Waals surface area contributed by atoms with Gasteiger partial charge in [0.2, 0.25) is 5.91 Å². The number of nitrogens with zero attached hydrogens (tertiary/aromatic N) is 1. The van der Waals surface area contributed by atoms with Gasteiger partial charge in [0.05, 0.1) is 6.04 Å². The van der Waals surface area contributed by atoms with E-state index in [1.54, 1.807) is 0 Å². The molecule has 0 bridgehead atoms. The van der Waals surface area contributed by atoms with Crippen LogP contribution in [-0.2, 0) is 4.79 Å². The molecule has 0 saturated carbocycles. The van der Waals surface area contributed by atoms with E-state index in [0.29, 0.717) is 12.0 Å². The number of piperidine rings is 1. The molecule has 0 aliphatic carbocycles. The third-order valence-electron chi connectivity index (χ3n) is 3.61. The number of hydrogen-bond acceptors (Lipinski definition) is 3. The van der Waals surface area contributed by atoms with E-state index in [4.69, 9.17) is 0 Å². The molecule has 1 heterocycles. The van der Waals surface area contributed by atoms with Crippen molar-refractivity contribution in [2.24, 2.45) is 5.92 Å². The predicted molar refractivity (Wildman–Crippen MR) is 75.6 cm³/mol. The number of carbonyl (C=O) groups is 1. The average Bonchev–Trinajstić information content (AvgIpc) is 2.34. The lowest BCUT2D eigenvalue weighted by atomic mass is 10.0. The normalized spacial score (nSPS) is 22.2. The maximum absolute atomic E-state index is 12.0. The number of hydrogen-bond donors (Lipinski definition) is 2. The van der Waals surface area contributed by atoms with Gasteiger partial charge in [-0.25, -0.2) is 0 Å². The summed E-state index contributed by atoms with van der Waals surface area (Å²) >= 11 is 0. The van der Waals surface area contributed by atoms with Crippen molar-refractivity contribution in [1.29, 1.82) is 0 Å². The number of rotatable bonds is 6. The second kappa shape index (κ2) is 7.74. The van der Waals surface area contributed by atoms with Gasteiger partial charge >= 0.3 is 0 Å². The van der Waals surface area contributed by atoms with E-state index >= 15 is 0 Å². The summed E-state index contributed by atoms with van der Waals surface area (Å²) in [5.41, 5.74) is 0. The highest BCUT2D eigenvalue weighted by atomic mass is 16.2. The molecule has 18 heavy (non-hydrogen) atoms. The van der Waals surface area contributed by atoms with Crippen molar-refractivity contribution in [3.63, 3.8) is 0 Å². The fourth-order valence-electron chi connectivity index (χ4n) is 2.44. The highest BCUT2D eigenvalue weighted by Gasteiger charge is 2.21. The second-order valence-electron chi connectivity index (χ2n) is 5.99. The van der Waals surface area contributed by atoms with Crippen LogP contribution in [0, 0.1) is 5.92 Å². The van der Waals surface area contributed by atoms with E-state index in [1.807, 2.05) is 0 Å². The molecular formula is C14H29N3O. The average molecular weight is 255 g/mol. The number of carbonyl (C=O) groups excluding carboxylic acids is 1. The summed E-state index contributed by atoms with van der Waals surface area (Å²) in [4.78, 5) is 14.2. The highest BCUT2D eigenvalue weighted by Crippen LogP contribution is 2.09. The Kier molecular flexibility index (Phi) is 6.65. The third kappa shape index (κ3) is 5.36. The van der Waals surface area contributed by atoms with E-state index < -0.39 is 0 Å². The molecule has 0 aromatic carbocycles. The Labute approximate surface area is 111 Å². The van der Waals surface area contributed by atoms with Gasteiger partial charge in [-0.15, -0.1) is 0 Å². The highest BCUT2D eigenvalue weighted by molar-refractivity contribution is 5.81. The minimum atomic E-state index is 0.0283. The molecule has 2 N–H and O–H groups in total. The molecule has 0 aromatic heterocycles. The molecule has 106 valence electrons.